The van der Waals surface area contributed by atoms with Crippen LogP contribution in [0.3, 0.4) is 0 Å². The third-order valence-corrected chi connectivity index (χ3v) is 2.74. The van der Waals surface area contributed by atoms with Crippen molar-refractivity contribution in [2.45, 2.75) is 6.54 Å². The Bertz CT molecular complexity index is 746. The quantitative estimate of drug-likeness (QED) is 0.745. The van der Waals surface area contributed by atoms with Crippen molar-refractivity contribution in [2.75, 3.05) is 0 Å². The van der Waals surface area contributed by atoms with Gasteiger partial charge in [0.25, 0.3) is 0 Å². The summed E-state index contributed by atoms with van der Waals surface area (Å²) in [5.41, 5.74) is 0.831. The fourth-order valence-electron chi connectivity index (χ4n) is 1.81. The van der Waals surface area contributed by atoms with E-state index >= 15 is 0 Å². The molecule has 3 aromatic rings. The number of ether oxygens (including phenoxy) is 1. The summed E-state index contributed by atoms with van der Waals surface area (Å²) in [6, 6.07) is 9.12. The maximum atomic E-state index is 13.0. The minimum Gasteiger partial charge on any atom is -0.504 e. The van der Waals surface area contributed by atoms with Crippen molar-refractivity contribution < 1.29 is 14.2 Å². The molecule has 0 bridgehead atoms. The van der Waals surface area contributed by atoms with Gasteiger partial charge in [0.1, 0.15) is 12.7 Å². The SMILES string of the molecule is Oc1cc(Cn2cncn2)ccc1Oc1cccc(F)n1. The fourth-order valence-corrected chi connectivity index (χ4v) is 1.81. The molecule has 21 heavy (non-hydrogen) atoms. The van der Waals surface area contributed by atoms with Gasteiger partial charge in [-0.1, -0.05) is 12.1 Å². The number of aromatic hydroxyl groups is 1. The molecule has 2 aromatic heterocycles. The summed E-state index contributed by atoms with van der Waals surface area (Å²) in [7, 11) is 0. The highest BCUT2D eigenvalue weighted by molar-refractivity contribution is 5.43. The molecule has 0 amide bonds. The lowest BCUT2D eigenvalue weighted by Gasteiger charge is -2.08. The number of halogens is 1. The van der Waals surface area contributed by atoms with Crippen molar-refractivity contribution in [1.29, 1.82) is 0 Å². The molecule has 0 atom stereocenters. The Morgan fingerprint density at radius 1 is 1.24 bits per heavy atom. The fraction of sp³-hybridized carbons (Fsp3) is 0.0714. The van der Waals surface area contributed by atoms with Crippen LogP contribution in [0.2, 0.25) is 0 Å². The molecule has 0 aliphatic rings. The summed E-state index contributed by atoms with van der Waals surface area (Å²) < 4.78 is 19.9. The Balaban J connectivity index is 1.78. The first kappa shape index (κ1) is 13.0. The van der Waals surface area contributed by atoms with Crippen LogP contribution < -0.4 is 4.74 Å². The summed E-state index contributed by atoms with van der Waals surface area (Å²) in [5.74, 6) is -0.418. The zero-order valence-corrected chi connectivity index (χ0v) is 10.8. The second-order valence-corrected chi connectivity index (χ2v) is 4.30. The Kier molecular flexibility index (Phi) is 3.46. The van der Waals surface area contributed by atoms with Crippen molar-refractivity contribution in [3.05, 3.63) is 60.6 Å². The Morgan fingerprint density at radius 3 is 2.86 bits per heavy atom. The molecule has 2 heterocycles. The number of aromatic nitrogens is 4. The van der Waals surface area contributed by atoms with E-state index in [1.165, 1.54) is 24.5 Å². The number of hydrogen-bond acceptors (Lipinski definition) is 5. The van der Waals surface area contributed by atoms with Gasteiger partial charge >= 0.3 is 0 Å². The normalized spacial score (nSPS) is 10.5. The summed E-state index contributed by atoms with van der Waals surface area (Å²) in [6.07, 6.45) is 3.02. The first-order valence-electron chi connectivity index (χ1n) is 6.15. The molecule has 0 spiro atoms. The molecule has 0 fully saturated rings. The van der Waals surface area contributed by atoms with Gasteiger partial charge in [-0.15, -0.1) is 0 Å². The summed E-state index contributed by atoms with van der Waals surface area (Å²) >= 11 is 0. The minimum absolute atomic E-state index is 0.0568. The van der Waals surface area contributed by atoms with Crippen LogP contribution in [0.25, 0.3) is 0 Å². The Hall–Kier alpha value is -2.96. The van der Waals surface area contributed by atoms with Crippen molar-refractivity contribution in [3.8, 4) is 17.4 Å². The van der Waals surface area contributed by atoms with E-state index in [-0.39, 0.29) is 17.4 Å². The number of hydrogen-bond donors (Lipinski definition) is 1. The number of phenols is 1. The molecule has 0 unspecified atom stereocenters. The highest BCUT2D eigenvalue weighted by Gasteiger charge is 2.07. The average Bonchev–Trinajstić information content (AvgIpc) is 2.95. The molecule has 3 rings (SSSR count). The van der Waals surface area contributed by atoms with Gasteiger partial charge in [0, 0.05) is 6.07 Å². The molecule has 0 aliphatic heterocycles. The minimum atomic E-state index is -0.644. The van der Waals surface area contributed by atoms with E-state index < -0.39 is 5.95 Å². The number of phenolic OH excluding ortho intramolecular Hbond substituents is 1. The van der Waals surface area contributed by atoms with E-state index in [4.69, 9.17) is 4.74 Å². The van der Waals surface area contributed by atoms with Crippen LogP contribution in [0.15, 0.2) is 49.1 Å². The van der Waals surface area contributed by atoms with Gasteiger partial charge in [-0.05, 0) is 23.8 Å². The molecular formula is C14H11FN4O2. The van der Waals surface area contributed by atoms with Gasteiger partial charge in [-0.3, -0.25) is 0 Å². The summed E-state index contributed by atoms with van der Waals surface area (Å²) in [6.45, 7) is 0.478. The first-order valence-corrected chi connectivity index (χ1v) is 6.15. The van der Waals surface area contributed by atoms with E-state index in [2.05, 4.69) is 15.1 Å². The molecule has 0 saturated heterocycles. The van der Waals surface area contributed by atoms with Gasteiger partial charge in [0.15, 0.2) is 11.5 Å². The van der Waals surface area contributed by atoms with Crippen molar-refractivity contribution in [1.82, 2.24) is 19.7 Å². The zero-order valence-electron chi connectivity index (χ0n) is 10.8. The molecule has 7 heteroatoms. The van der Waals surface area contributed by atoms with Crippen LogP contribution in [0, 0.1) is 5.95 Å². The zero-order chi connectivity index (χ0) is 14.7. The van der Waals surface area contributed by atoms with E-state index in [9.17, 15) is 9.50 Å². The molecule has 1 N–H and O–H groups in total. The van der Waals surface area contributed by atoms with Gasteiger partial charge in [0.05, 0.1) is 6.54 Å². The first-order chi connectivity index (χ1) is 10.2. The van der Waals surface area contributed by atoms with Crippen molar-refractivity contribution >= 4 is 0 Å². The van der Waals surface area contributed by atoms with E-state index in [1.807, 2.05) is 0 Å². The van der Waals surface area contributed by atoms with Crippen molar-refractivity contribution in [2.24, 2.45) is 0 Å². The highest BCUT2D eigenvalue weighted by atomic mass is 19.1. The molecule has 0 radical (unpaired) electrons. The lowest BCUT2D eigenvalue weighted by Crippen LogP contribution is -2.00. The second-order valence-electron chi connectivity index (χ2n) is 4.30. The molecule has 0 saturated carbocycles. The predicted molar refractivity (Wildman–Crippen MR) is 71.5 cm³/mol. The highest BCUT2D eigenvalue weighted by Crippen LogP contribution is 2.30. The molecule has 0 aliphatic carbocycles. The van der Waals surface area contributed by atoms with Gasteiger partial charge in [-0.2, -0.15) is 14.5 Å². The number of benzene rings is 1. The smallest absolute Gasteiger partial charge is 0.222 e. The van der Waals surface area contributed by atoms with Crippen LogP contribution >= 0.6 is 0 Å². The van der Waals surface area contributed by atoms with Crippen LogP contribution in [0.1, 0.15) is 5.56 Å². The maximum absolute atomic E-state index is 13.0. The maximum Gasteiger partial charge on any atom is 0.222 e. The number of rotatable bonds is 4. The lowest BCUT2D eigenvalue weighted by molar-refractivity contribution is 0.395. The topological polar surface area (TPSA) is 73.1 Å². The third-order valence-electron chi connectivity index (χ3n) is 2.74. The summed E-state index contributed by atoms with van der Waals surface area (Å²) in [5, 5.41) is 13.9. The summed E-state index contributed by atoms with van der Waals surface area (Å²) in [4.78, 5) is 7.41. The van der Waals surface area contributed by atoms with Crippen molar-refractivity contribution in [3.63, 3.8) is 0 Å². The molecular weight excluding hydrogens is 275 g/mol. The lowest BCUT2D eigenvalue weighted by atomic mass is 10.2. The molecule has 106 valence electrons. The van der Waals surface area contributed by atoms with Gasteiger partial charge < -0.3 is 9.84 Å². The van der Waals surface area contributed by atoms with Crippen LogP contribution in [-0.4, -0.2) is 24.9 Å². The largest absolute Gasteiger partial charge is 0.504 e. The van der Waals surface area contributed by atoms with Crippen LogP contribution in [-0.2, 0) is 6.54 Å². The van der Waals surface area contributed by atoms with Crippen LogP contribution in [0.4, 0.5) is 4.39 Å². The van der Waals surface area contributed by atoms with Crippen LogP contribution in [0.5, 0.6) is 17.4 Å². The number of nitrogens with zero attached hydrogens (tertiary/aromatic N) is 4. The number of pyridine rings is 1. The van der Waals surface area contributed by atoms with E-state index in [0.717, 1.165) is 5.56 Å². The monoisotopic (exact) mass is 286 g/mol. The third kappa shape index (κ3) is 3.14. The molecule has 1 aromatic carbocycles. The predicted octanol–water partition coefficient (Wildman–Crippen LogP) is 2.36. The standard InChI is InChI=1S/C14H11FN4O2/c15-13-2-1-3-14(18-13)21-12-5-4-10(6-11(12)20)7-19-9-16-8-17-19/h1-6,8-9,20H,7H2. The van der Waals surface area contributed by atoms with Gasteiger partial charge in [-0.25, -0.2) is 9.67 Å². The van der Waals surface area contributed by atoms with E-state index in [1.54, 1.807) is 29.2 Å². The second kappa shape index (κ2) is 5.58. The Morgan fingerprint density at radius 2 is 2.14 bits per heavy atom. The molecule has 6 nitrogen and oxygen atoms in total. The van der Waals surface area contributed by atoms with E-state index in [0.29, 0.717) is 6.54 Å². The van der Waals surface area contributed by atoms with Gasteiger partial charge in [0.2, 0.25) is 11.8 Å². The Labute approximate surface area is 119 Å². The average molecular weight is 286 g/mol.